The molecule has 0 spiro atoms. The summed E-state index contributed by atoms with van der Waals surface area (Å²) in [5, 5.41) is 7.78. The van der Waals surface area contributed by atoms with E-state index in [-0.39, 0.29) is 14.0 Å². The van der Waals surface area contributed by atoms with Crippen molar-refractivity contribution in [3.8, 4) is 11.1 Å². The minimum absolute atomic E-state index is 0. The lowest BCUT2D eigenvalue weighted by molar-refractivity contribution is 0.671. The van der Waals surface area contributed by atoms with Gasteiger partial charge < -0.3 is 4.40 Å². The molecule has 6 nitrogen and oxygen atoms in total. The third kappa shape index (κ3) is 3.87. The van der Waals surface area contributed by atoms with Gasteiger partial charge in [-0.1, -0.05) is 31.3 Å². The summed E-state index contributed by atoms with van der Waals surface area (Å²) in [6, 6.07) is 3.93. The van der Waals surface area contributed by atoms with Gasteiger partial charge in [0.05, 0.1) is 11.9 Å². The van der Waals surface area contributed by atoms with E-state index >= 15 is 0 Å². The molecule has 0 bridgehead atoms. The van der Waals surface area contributed by atoms with Crippen LogP contribution in [0.3, 0.4) is 0 Å². The lowest BCUT2D eigenvalue weighted by Crippen LogP contribution is -1.98. The fourth-order valence-corrected chi connectivity index (χ4v) is 3.70. The van der Waals surface area contributed by atoms with Crippen LogP contribution in [0.1, 0.15) is 50.2 Å². The van der Waals surface area contributed by atoms with Crippen LogP contribution in [0.15, 0.2) is 60.3 Å². The van der Waals surface area contributed by atoms with E-state index in [1.54, 1.807) is 12.3 Å². The Morgan fingerprint density at radius 3 is 2.77 bits per heavy atom. The van der Waals surface area contributed by atoms with Gasteiger partial charge in [0.25, 0.3) is 0 Å². The van der Waals surface area contributed by atoms with Crippen LogP contribution < -0.4 is 0 Å². The smallest absolute Gasteiger partial charge is 0.136 e. The summed E-state index contributed by atoms with van der Waals surface area (Å²) in [5.41, 5.74) is 6.27. The molecule has 3 heterocycles. The van der Waals surface area contributed by atoms with Crippen LogP contribution in [0.25, 0.3) is 22.3 Å². The number of fused-ring (bicyclic) bond motifs is 1. The lowest BCUT2D eigenvalue weighted by atomic mass is 9.97. The predicted octanol–water partition coefficient (Wildman–Crippen LogP) is 5.96. The van der Waals surface area contributed by atoms with Gasteiger partial charge in [0.2, 0.25) is 0 Å². The van der Waals surface area contributed by atoms with Crippen molar-refractivity contribution in [1.29, 1.82) is 0 Å². The summed E-state index contributed by atoms with van der Waals surface area (Å²) in [6.07, 6.45) is 10.9. The highest BCUT2D eigenvalue weighted by Crippen LogP contribution is 2.46. The molecule has 1 fully saturated rings. The second-order valence-corrected chi connectivity index (χ2v) is 7.21. The number of hydrogen-bond acceptors (Lipinski definition) is 4. The summed E-state index contributed by atoms with van der Waals surface area (Å²) >= 11 is 0. The quantitative estimate of drug-likeness (QED) is 0.359. The van der Waals surface area contributed by atoms with Crippen LogP contribution in [0.4, 0.5) is 4.39 Å². The molecule has 3 aromatic rings. The highest BCUT2D eigenvalue weighted by Gasteiger charge is 2.32. The molecule has 156 valence electrons. The van der Waals surface area contributed by atoms with Crippen LogP contribution in [0.5, 0.6) is 0 Å². The molecule has 0 aliphatic heterocycles. The molecule has 0 aromatic carbocycles. The van der Waals surface area contributed by atoms with Crippen molar-refractivity contribution >= 4 is 11.2 Å². The molecule has 7 heteroatoms. The van der Waals surface area contributed by atoms with Crippen molar-refractivity contribution in [2.45, 2.75) is 39.7 Å². The Labute approximate surface area is 175 Å². The Bertz CT molecular complexity index is 1160. The molecule has 1 aliphatic carbocycles. The number of hydrogen-bond donors (Lipinski definition) is 0. The van der Waals surface area contributed by atoms with Crippen molar-refractivity contribution in [3.63, 3.8) is 0 Å². The maximum absolute atomic E-state index is 13.2. The van der Waals surface area contributed by atoms with Crippen molar-refractivity contribution in [3.05, 3.63) is 77.1 Å². The molecule has 0 unspecified atom stereocenters. The van der Waals surface area contributed by atoms with Crippen LogP contribution in [-0.2, 0) is 13.6 Å². The molecule has 1 saturated carbocycles. The largest absolute Gasteiger partial charge is 0.301 e. The minimum atomic E-state index is -0.505. The molecule has 4 rings (SSSR count). The van der Waals surface area contributed by atoms with E-state index in [9.17, 15) is 9.30 Å². The number of nitrogens with zero attached hydrogens (tertiary/aromatic N) is 5. The number of halogens is 1. The van der Waals surface area contributed by atoms with Crippen molar-refractivity contribution < 1.29 is 4.39 Å². The first-order valence-electron chi connectivity index (χ1n) is 9.55. The van der Waals surface area contributed by atoms with Gasteiger partial charge in [-0.2, -0.15) is 10.0 Å². The Hall–Kier alpha value is -3.35. The first-order chi connectivity index (χ1) is 14.0. The maximum Gasteiger partial charge on any atom is 0.136 e. The predicted molar refractivity (Wildman–Crippen MR) is 119 cm³/mol. The van der Waals surface area contributed by atoms with Gasteiger partial charge in [0, 0.05) is 36.0 Å². The van der Waals surface area contributed by atoms with Crippen molar-refractivity contribution in [1.82, 2.24) is 19.2 Å². The van der Waals surface area contributed by atoms with Gasteiger partial charge in [-0.15, -0.1) is 0 Å². The molecule has 0 radical (unpaired) electrons. The highest BCUT2D eigenvalue weighted by molar-refractivity contribution is 5.85. The molecular formula is C23H26FN5O. The monoisotopic (exact) mass is 407 g/mol. The molecule has 1 aliphatic rings. The van der Waals surface area contributed by atoms with E-state index < -0.39 is 5.83 Å². The van der Waals surface area contributed by atoms with E-state index in [2.05, 4.69) is 16.7 Å². The summed E-state index contributed by atoms with van der Waals surface area (Å²) in [6.45, 7) is 5.26. The zero-order valence-corrected chi connectivity index (χ0v) is 16.5. The van der Waals surface area contributed by atoms with Gasteiger partial charge in [0.15, 0.2) is 0 Å². The molecule has 0 atom stereocenters. The average molecular weight is 407 g/mol. The highest BCUT2D eigenvalue weighted by atomic mass is 19.1. The summed E-state index contributed by atoms with van der Waals surface area (Å²) in [5.74, 6) is -0.0424. The molecule has 0 amide bonds. The van der Waals surface area contributed by atoms with Crippen LogP contribution >= 0.6 is 0 Å². The van der Waals surface area contributed by atoms with E-state index in [1.165, 1.54) is 11.8 Å². The fourth-order valence-electron chi connectivity index (χ4n) is 3.70. The summed E-state index contributed by atoms with van der Waals surface area (Å²) in [7, 11) is 1.95. The number of imidazole rings is 1. The standard InChI is InChI=1S/C22H22FN5O.CH4/c1-4-15(6-5-14(2)23)21-20(22(16-7-8-16)27(3)26-21)17-9-10-19-24-11-18(12-25-29)28(19)13-17;/h4-6,9-11,13,16H,2,7-8,12H2,1,3H3;1H4/b6-5-,15-4+;. The van der Waals surface area contributed by atoms with Gasteiger partial charge in [0.1, 0.15) is 23.7 Å². The van der Waals surface area contributed by atoms with E-state index in [0.29, 0.717) is 5.92 Å². The SMILES string of the molecule is C.C=C(F)/C=C\C(=C/C)c1nn(C)c(C2CC2)c1-c1ccc2ncc(CN=O)n2c1. The molecule has 3 aromatic heterocycles. The number of rotatable bonds is 7. The molecule has 0 saturated heterocycles. The van der Waals surface area contributed by atoms with Crippen LogP contribution in [0.2, 0.25) is 0 Å². The van der Waals surface area contributed by atoms with Gasteiger partial charge in [-0.05, 0) is 43.5 Å². The minimum Gasteiger partial charge on any atom is -0.301 e. The maximum atomic E-state index is 13.2. The average Bonchev–Trinajstić information content (AvgIpc) is 3.37. The first-order valence-corrected chi connectivity index (χ1v) is 9.55. The Balaban J connectivity index is 0.00000256. The van der Waals surface area contributed by atoms with Crippen LogP contribution in [-0.4, -0.2) is 19.2 Å². The number of allylic oxidation sites excluding steroid dienone is 5. The topological polar surface area (TPSA) is 64.5 Å². The lowest BCUT2D eigenvalue weighted by Gasteiger charge is -2.09. The summed E-state index contributed by atoms with van der Waals surface area (Å²) in [4.78, 5) is 15.1. The number of aromatic nitrogens is 4. The van der Waals surface area contributed by atoms with Crippen molar-refractivity contribution in [2.24, 2.45) is 12.2 Å². The number of pyridine rings is 1. The summed E-state index contributed by atoms with van der Waals surface area (Å²) < 4.78 is 17.1. The Morgan fingerprint density at radius 1 is 1.37 bits per heavy atom. The third-order valence-corrected chi connectivity index (χ3v) is 5.18. The molecule has 30 heavy (non-hydrogen) atoms. The first kappa shape index (κ1) is 21.4. The fraction of sp³-hybridized carbons (Fsp3) is 0.304. The van der Waals surface area contributed by atoms with E-state index in [4.69, 9.17) is 5.10 Å². The Kier molecular flexibility index (Phi) is 6.10. The van der Waals surface area contributed by atoms with E-state index in [1.807, 2.05) is 47.5 Å². The molecular weight excluding hydrogens is 381 g/mol. The third-order valence-electron chi connectivity index (χ3n) is 5.18. The normalized spacial score (nSPS) is 14.3. The Morgan fingerprint density at radius 2 is 2.13 bits per heavy atom. The van der Waals surface area contributed by atoms with Gasteiger partial charge >= 0.3 is 0 Å². The van der Waals surface area contributed by atoms with Crippen molar-refractivity contribution in [2.75, 3.05) is 0 Å². The zero-order valence-electron chi connectivity index (χ0n) is 16.5. The van der Waals surface area contributed by atoms with E-state index in [0.717, 1.165) is 46.6 Å². The second-order valence-electron chi connectivity index (χ2n) is 7.21. The van der Waals surface area contributed by atoms with Gasteiger partial charge in [-0.25, -0.2) is 9.37 Å². The number of aryl methyl sites for hydroxylation is 1. The molecule has 0 N–H and O–H groups in total. The zero-order chi connectivity index (χ0) is 20.5. The van der Waals surface area contributed by atoms with Gasteiger partial charge in [-0.3, -0.25) is 4.68 Å². The number of nitroso groups, excluding NO2 is 1. The second kappa shape index (κ2) is 8.57. The van der Waals surface area contributed by atoms with Crippen LogP contribution in [0, 0.1) is 4.91 Å².